The van der Waals surface area contributed by atoms with E-state index in [1.54, 1.807) is 24.3 Å². The standard InChI is InChI=1S/C28H20ClO3P/c29-21-16-17-24-26(18-21)28(25(19-27(24)30)20-10-4-1-5-11-20)32-33(31,22-12-6-2-7-13-22)23-14-8-3-9-15-23/h1-19,30H. The minimum Gasteiger partial charge on any atom is -0.507 e. The van der Waals surface area contributed by atoms with E-state index in [0.29, 0.717) is 37.7 Å². The molecule has 3 nitrogen and oxygen atoms in total. The molecule has 0 aromatic heterocycles. The van der Waals surface area contributed by atoms with Gasteiger partial charge in [0, 0.05) is 21.4 Å². The summed E-state index contributed by atoms with van der Waals surface area (Å²) >= 11 is 6.34. The predicted molar refractivity (Wildman–Crippen MR) is 136 cm³/mol. The van der Waals surface area contributed by atoms with Gasteiger partial charge in [-0.25, -0.2) is 0 Å². The fourth-order valence-corrected chi connectivity index (χ4v) is 6.18. The summed E-state index contributed by atoms with van der Waals surface area (Å²) in [6, 6.07) is 34.8. The fourth-order valence-electron chi connectivity index (χ4n) is 3.91. The molecule has 5 aromatic rings. The lowest BCUT2D eigenvalue weighted by Gasteiger charge is -2.24. The van der Waals surface area contributed by atoms with Crippen LogP contribution in [0.3, 0.4) is 0 Å². The Labute approximate surface area is 197 Å². The maximum Gasteiger partial charge on any atom is 0.306 e. The zero-order chi connectivity index (χ0) is 22.8. The number of benzene rings is 5. The Morgan fingerprint density at radius 2 is 1.21 bits per heavy atom. The molecule has 0 radical (unpaired) electrons. The van der Waals surface area contributed by atoms with Gasteiger partial charge in [-0.15, -0.1) is 0 Å². The number of fused-ring (bicyclic) bond motifs is 1. The molecule has 0 spiro atoms. The summed E-state index contributed by atoms with van der Waals surface area (Å²) < 4.78 is 21.2. The number of phenolic OH excluding ortho intramolecular Hbond substituents is 1. The molecule has 0 saturated carbocycles. The summed E-state index contributed by atoms with van der Waals surface area (Å²) in [5.41, 5.74) is 1.47. The Balaban J connectivity index is 1.82. The van der Waals surface area contributed by atoms with E-state index in [0.717, 1.165) is 5.56 Å². The van der Waals surface area contributed by atoms with Gasteiger partial charge >= 0.3 is 7.37 Å². The molecule has 0 aliphatic carbocycles. The van der Waals surface area contributed by atoms with Gasteiger partial charge < -0.3 is 9.63 Å². The van der Waals surface area contributed by atoms with Crippen molar-refractivity contribution in [3.63, 3.8) is 0 Å². The summed E-state index contributed by atoms with van der Waals surface area (Å²) in [5, 5.41) is 13.6. The number of phenols is 1. The Morgan fingerprint density at radius 3 is 1.79 bits per heavy atom. The molecule has 0 amide bonds. The van der Waals surface area contributed by atoms with E-state index in [9.17, 15) is 9.67 Å². The second kappa shape index (κ2) is 8.78. The molecular weight excluding hydrogens is 451 g/mol. The molecule has 0 unspecified atom stereocenters. The van der Waals surface area contributed by atoms with E-state index in [-0.39, 0.29) is 5.75 Å². The Kier molecular flexibility index (Phi) is 5.68. The van der Waals surface area contributed by atoms with E-state index in [4.69, 9.17) is 16.1 Å². The van der Waals surface area contributed by atoms with Crippen molar-refractivity contribution in [1.29, 1.82) is 0 Å². The Morgan fingerprint density at radius 1 is 0.667 bits per heavy atom. The van der Waals surface area contributed by atoms with Crippen molar-refractivity contribution in [2.75, 3.05) is 0 Å². The summed E-state index contributed by atoms with van der Waals surface area (Å²) in [6.45, 7) is 0. The van der Waals surface area contributed by atoms with Crippen LogP contribution >= 0.6 is 19.0 Å². The van der Waals surface area contributed by atoms with Gasteiger partial charge in [0.25, 0.3) is 0 Å². The number of hydrogen-bond donors (Lipinski definition) is 1. The van der Waals surface area contributed by atoms with Crippen molar-refractivity contribution in [3.05, 3.63) is 120 Å². The molecule has 0 aliphatic heterocycles. The molecule has 0 bridgehead atoms. The van der Waals surface area contributed by atoms with Crippen LogP contribution in [-0.2, 0) is 4.57 Å². The van der Waals surface area contributed by atoms with E-state index >= 15 is 0 Å². The molecule has 5 heteroatoms. The van der Waals surface area contributed by atoms with Crippen LogP contribution in [-0.4, -0.2) is 5.11 Å². The highest BCUT2D eigenvalue weighted by atomic mass is 35.5. The van der Waals surface area contributed by atoms with Crippen LogP contribution in [0, 0.1) is 0 Å². The number of aromatic hydroxyl groups is 1. The van der Waals surface area contributed by atoms with Crippen molar-refractivity contribution in [2.24, 2.45) is 0 Å². The van der Waals surface area contributed by atoms with Crippen LogP contribution in [0.1, 0.15) is 0 Å². The molecule has 0 atom stereocenters. The molecule has 0 heterocycles. The first-order valence-electron chi connectivity index (χ1n) is 10.5. The molecule has 0 aliphatic rings. The van der Waals surface area contributed by atoms with Crippen LogP contribution in [0.5, 0.6) is 11.5 Å². The highest BCUT2D eigenvalue weighted by Crippen LogP contribution is 2.51. The first kappa shape index (κ1) is 21.3. The normalized spacial score (nSPS) is 11.4. The zero-order valence-corrected chi connectivity index (χ0v) is 19.2. The van der Waals surface area contributed by atoms with Crippen molar-refractivity contribution >= 4 is 40.4 Å². The van der Waals surface area contributed by atoms with Gasteiger partial charge in [0.1, 0.15) is 11.5 Å². The van der Waals surface area contributed by atoms with E-state index in [1.807, 2.05) is 91.0 Å². The highest BCUT2D eigenvalue weighted by molar-refractivity contribution is 7.74. The monoisotopic (exact) mass is 470 g/mol. The molecule has 33 heavy (non-hydrogen) atoms. The van der Waals surface area contributed by atoms with Crippen LogP contribution in [0.15, 0.2) is 115 Å². The van der Waals surface area contributed by atoms with Crippen LogP contribution < -0.4 is 15.1 Å². The third kappa shape index (κ3) is 4.02. The first-order valence-corrected chi connectivity index (χ1v) is 12.5. The quantitative estimate of drug-likeness (QED) is 0.277. The van der Waals surface area contributed by atoms with Gasteiger partial charge in [0.2, 0.25) is 0 Å². The van der Waals surface area contributed by atoms with Crippen molar-refractivity contribution < 1.29 is 14.2 Å². The molecule has 0 fully saturated rings. The first-order chi connectivity index (χ1) is 16.1. The maximum absolute atomic E-state index is 14.7. The minimum atomic E-state index is -3.55. The van der Waals surface area contributed by atoms with Crippen LogP contribution in [0.4, 0.5) is 0 Å². The van der Waals surface area contributed by atoms with Crippen molar-refractivity contribution in [1.82, 2.24) is 0 Å². The fraction of sp³-hybridized carbons (Fsp3) is 0. The average Bonchev–Trinajstić information content (AvgIpc) is 2.87. The topological polar surface area (TPSA) is 46.5 Å². The van der Waals surface area contributed by atoms with Gasteiger partial charge in [0.05, 0.1) is 10.6 Å². The Bertz CT molecular complexity index is 1430. The third-order valence-corrected chi connectivity index (χ3v) is 8.16. The predicted octanol–water partition coefficient (Wildman–Crippen LogP) is 7.17. The maximum atomic E-state index is 14.7. The summed E-state index contributed by atoms with van der Waals surface area (Å²) in [6.07, 6.45) is 0. The van der Waals surface area contributed by atoms with Crippen LogP contribution in [0.25, 0.3) is 21.9 Å². The van der Waals surface area contributed by atoms with Gasteiger partial charge in [-0.05, 0) is 54.1 Å². The number of rotatable bonds is 5. The lowest BCUT2D eigenvalue weighted by Crippen LogP contribution is -2.20. The second-order valence-electron chi connectivity index (χ2n) is 7.64. The summed E-state index contributed by atoms with van der Waals surface area (Å²) in [4.78, 5) is 0. The lowest BCUT2D eigenvalue weighted by atomic mass is 9.99. The number of hydrogen-bond acceptors (Lipinski definition) is 3. The zero-order valence-electron chi connectivity index (χ0n) is 17.6. The Hall–Kier alpha value is -3.52. The van der Waals surface area contributed by atoms with Gasteiger partial charge in [-0.1, -0.05) is 78.3 Å². The highest BCUT2D eigenvalue weighted by Gasteiger charge is 2.32. The smallest absolute Gasteiger partial charge is 0.306 e. The second-order valence-corrected chi connectivity index (χ2v) is 10.4. The van der Waals surface area contributed by atoms with E-state index in [2.05, 4.69) is 0 Å². The lowest BCUT2D eigenvalue weighted by molar-refractivity contribution is 0.479. The third-order valence-electron chi connectivity index (χ3n) is 5.52. The minimum absolute atomic E-state index is 0.0992. The van der Waals surface area contributed by atoms with Crippen molar-refractivity contribution in [2.45, 2.75) is 0 Å². The molecule has 162 valence electrons. The van der Waals surface area contributed by atoms with E-state index < -0.39 is 7.37 Å². The largest absolute Gasteiger partial charge is 0.507 e. The summed E-state index contributed by atoms with van der Waals surface area (Å²) in [5.74, 6) is 0.509. The van der Waals surface area contributed by atoms with Gasteiger partial charge in [-0.2, -0.15) is 0 Å². The van der Waals surface area contributed by atoms with Gasteiger partial charge in [0.15, 0.2) is 0 Å². The molecule has 5 aromatic carbocycles. The number of halogens is 1. The van der Waals surface area contributed by atoms with Crippen molar-refractivity contribution in [3.8, 4) is 22.6 Å². The molecular formula is C28H20ClO3P. The molecule has 5 rings (SSSR count). The van der Waals surface area contributed by atoms with Gasteiger partial charge in [-0.3, -0.25) is 4.57 Å². The molecule has 0 saturated heterocycles. The molecule has 1 N–H and O–H groups in total. The summed E-state index contributed by atoms with van der Waals surface area (Å²) in [7, 11) is -3.55. The average molecular weight is 471 g/mol. The van der Waals surface area contributed by atoms with Crippen LogP contribution in [0.2, 0.25) is 5.02 Å². The van der Waals surface area contributed by atoms with E-state index in [1.165, 1.54) is 0 Å². The SMILES string of the molecule is O=P(Oc1c(-c2ccccc2)cc(O)c2ccc(Cl)cc12)(c1ccccc1)c1ccccc1.